The minimum Gasteiger partial charge on any atom is -0.310 e. The Labute approximate surface area is 192 Å². The van der Waals surface area contributed by atoms with Crippen LogP contribution in [0.15, 0.2) is 30.6 Å². The van der Waals surface area contributed by atoms with Crippen LogP contribution >= 0.6 is 0 Å². The number of carbonyl (C=O) groups is 1. The number of amides is 1. The Balaban J connectivity index is 1.33. The number of fused-ring (bicyclic) bond motifs is 2. The molecule has 2 aliphatic heterocycles. The average molecular weight is 453 g/mol. The first-order chi connectivity index (χ1) is 16.1. The van der Waals surface area contributed by atoms with Crippen molar-refractivity contribution < 1.29 is 9.18 Å². The van der Waals surface area contributed by atoms with Crippen LogP contribution in [0, 0.1) is 0 Å². The molecule has 0 unspecified atom stereocenters. The van der Waals surface area contributed by atoms with Crippen LogP contribution in [0.25, 0.3) is 22.2 Å². The molecule has 10 heteroatoms. The number of pyridine rings is 2. The molecule has 9 nitrogen and oxygen atoms in total. The first-order valence-corrected chi connectivity index (χ1v) is 11.4. The van der Waals surface area contributed by atoms with Crippen LogP contribution < -0.4 is 5.32 Å². The van der Waals surface area contributed by atoms with Gasteiger partial charge in [-0.05, 0) is 19.2 Å². The summed E-state index contributed by atoms with van der Waals surface area (Å²) in [6.45, 7) is 6.35. The third kappa shape index (κ3) is 4.87. The maximum absolute atomic E-state index is 12.8. The number of nitrogens with zero attached hydrogens (tertiary/aromatic N) is 7. The van der Waals surface area contributed by atoms with E-state index in [2.05, 4.69) is 37.1 Å². The first-order valence-electron chi connectivity index (χ1n) is 11.4. The van der Waals surface area contributed by atoms with E-state index >= 15 is 0 Å². The van der Waals surface area contributed by atoms with Gasteiger partial charge in [0.15, 0.2) is 0 Å². The molecule has 1 saturated heterocycles. The van der Waals surface area contributed by atoms with Crippen molar-refractivity contribution in [3.05, 3.63) is 36.3 Å². The molecule has 0 aromatic carbocycles. The Morgan fingerprint density at radius 1 is 1.09 bits per heavy atom. The zero-order valence-corrected chi connectivity index (χ0v) is 18.9. The fourth-order valence-electron chi connectivity index (χ4n) is 4.45. The van der Waals surface area contributed by atoms with Gasteiger partial charge in [0.05, 0.1) is 36.2 Å². The van der Waals surface area contributed by atoms with Gasteiger partial charge < -0.3 is 10.2 Å². The third-order valence-corrected chi connectivity index (χ3v) is 6.43. The van der Waals surface area contributed by atoms with Gasteiger partial charge in [0.25, 0.3) is 0 Å². The van der Waals surface area contributed by atoms with Crippen LogP contribution in [-0.2, 0) is 17.9 Å². The highest BCUT2D eigenvalue weighted by Crippen LogP contribution is 2.27. The summed E-state index contributed by atoms with van der Waals surface area (Å²) in [5.41, 5.74) is 3.58. The molecule has 33 heavy (non-hydrogen) atoms. The molecule has 1 N–H and O–H groups in total. The van der Waals surface area contributed by atoms with E-state index in [9.17, 15) is 9.18 Å². The van der Waals surface area contributed by atoms with Crippen molar-refractivity contribution in [2.45, 2.75) is 13.1 Å². The molecule has 0 aliphatic carbocycles. The van der Waals surface area contributed by atoms with Gasteiger partial charge in [-0.1, -0.05) is 0 Å². The van der Waals surface area contributed by atoms with Gasteiger partial charge in [0, 0.05) is 69.0 Å². The predicted molar refractivity (Wildman–Crippen MR) is 125 cm³/mol. The number of nitrogens with one attached hydrogen (secondary N) is 1. The number of hydrogen-bond acceptors (Lipinski definition) is 7. The molecular weight excluding hydrogens is 423 g/mol. The molecule has 1 amide bonds. The van der Waals surface area contributed by atoms with E-state index in [-0.39, 0.29) is 12.6 Å². The van der Waals surface area contributed by atoms with E-state index in [1.807, 2.05) is 29.1 Å². The van der Waals surface area contributed by atoms with Crippen molar-refractivity contribution in [3.63, 3.8) is 0 Å². The number of likely N-dealkylation sites (N-methyl/N-ethyl adjacent to an activating group) is 1. The molecule has 5 heterocycles. The second-order valence-corrected chi connectivity index (χ2v) is 8.78. The maximum atomic E-state index is 12.8. The van der Waals surface area contributed by atoms with Gasteiger partial charge in [-0.25, -0.2) is 14.4 Å². The molecule has 2 aliphatic rings. The lowest BCUT2D eigenvalue weighted by molar-refractivity contribution is -0.117. The van der Waals surface area contributed by atoms with Crippen molar-refractivity contribution in [2.24, 2.45) is 0 Å². The summed E-state index contributed by atoms with van der Waals surface area (Å²) in [6.07, 6.45) is 3.57. The second kappa shape index (κ2) is 9.50. The molecule has 3 aromatic rings. The number of aromatic nitrogens is 4. The lowest BCUT2D eigenvalue weighted by Crippen LogP contribution is -2.47. The molecule has 0 saturated carbocycles. The monoisotopic (exact) mass is 452 g/mol. The quantitative estimate of drug-likeness (QED) is 0.606. The lowest BCUT2D eigenvalue weighted by atomic mass is 10.1. The highest BCUT2D eigenvalue weighted by molar-refractivity contribution is 5.93. The fourth-order valence-corrected chi connectivity index (χ4v) is 4.45. The largest absolute Gasteiger partial charge is 0.310 e. The summed E-state index contributed by atoms with van der Waals surface area (Å²) in [4.78, 5) is 28.3. The maximum Gasteiger partial charge on any atom is 0.239 e. The molecule has 0 spiro atoms. The van der Waals surface area contributed by atoms with E-state index in [1.165, 1.54) is 0 Å². The molecular formula is C23H29FN8O. The van der Waals surface area contributed by atoms with E-state index in [0.717, 1.165) is 67.1 Å². The van der Waals surface area contributed by atoms with Crippen molar-refractivity contribution >= 4 is 22.6 Å². The SMILES string of the molecule is CN1CCN(CC(=O)Nc2cc3nc(-c4cnn5c4CN(CCF)CC5)ccc3cn2)CC1. The van der Waals surface area contributed by atoms with Crippen LogP contribution in [0.1, 0.15) is 5.69 Å². The van der Waals surface area contributed by atoms with E-state index in [0.29, 0.717) is 25.5 Å². The molecule has 174 valence electrons. The topological polar surface area (TPSA) is 82.4 Å². The van der Waals surface area contributed by atoms with E-state index < -0.39 is 0 Å². The molecule has 0 atom stereocenters. The first kappa shape index (κ1) is 21.9. The minimum atomic E-state index is -0.353. The Morgan fingerprint density at radius 2 is 1.91 bits per heavy atom. The highest BCUT2D eigenvalue weighted by atomic mass is 19.1. The average Bonchev–Trinajstić information content (AvgIpc) is 3.23. The van der Waals surface area contributed by atoms with Crippen molar-refractivity contribution in [1.82, 2.24) is 34.4 Å². The summed E-state index contributed by atoms with van der Waals surface area (Å²) in [6, 6.07) is 5.75. The summed E-state index contributed by atoms with van der Waals surface area (Å²) in [5.74, 6) is 0.429. The molecule has 1 fully saturated rings. The number of piperazine rings is 1. The van der Waals surface area contributed by atoms with E-state index in [1.54, 1.807) is 6.20 Å². The highest BCUT2D eigenvalue weighted by Gasteiger charge is 2.22. The number of alkyl halides is 1. The fraction of sp³-hybridized carbons (Fsp3) is 0.478. The Hall–Kier alpha value is -2.95. The number of hydrogen-bond donors (Lipinski definition) is 1. The van der Waals surface area contributed by atoms with Crippen LogP contribution in [0.4, 0.5) is 10.2 Å². The van der Waals surface area contributed by atoms with Gasteiger partial charge in [-0.2, -0.15) is 5.10 Å². The van der Waals surface area contributed by atoms with Gasteiger partial charge in [0.1, 0.15) is 12.5 Å². The predicted octanol–water partition coefficient (Wildman–Crippen LogP) is 1.46. The summed E-state index contributed by atoms with van der Waals surface area (Å²) in [7, 11) is 2.10. The van der Waals surface area contributed by atoms with Crippen LogP contribution in [0.3, 0.4) is 0 Å². The van der Waals surface area contributed by atoms with Crippen LogP contribution in [0.2, 0.25) is 0 Å². The van der Waals surface area contributed by atoms with Crippen molar-refractivity contribution in [3.8, 4) is 11.3 Å². The second-order valence-electron chi connectivity index (χ2n) is 8.78. The summed E-state index contributed by atoms with van der Waals surface area (Å²) in [5, 5.41) is 8.32. The Kier molecular flexibility index (Phi) is 6.30. The normalized spacial score (nSPS) is 17.9. The van der Waals surface area contributed by atoms with Crippen LogP contribution in [0.5, 0.6) is 0 Å². The summed E-state index contributed by atoms with van der Waals surface area (Å²) >= 11 is 0. The summed E-state index contributed by atoms with van der Waals surface area (Å²) < 4.78 is 14.8. The van der Waals surface area contributed by atoms with Gasteiger partial charge in [-0.3, -0.25) is 19.3 Å². The van der Waals surface area contributed by atoms with Gasteiger partial charge in [-0.15, -0.1) is 0 Å². The third-order valence-electron chi connectivity index (χ3n) is 6.43. The van der Waals surface area contributed by atoms with Gasteiger partial charge >= 0.3 is 0 Å². The molecule has 3 aromatic heterocycles. The number of anilines is 1. The lowest BCUT2D eigenvalue weighted by Gasteiger charge is -2.31. The molecule has 0 bridgehead atoms. The van der Waals surface area contributed by atoms with Gasteiger partial charge in [0.2, 0.25) is 5.91 Å². The number of rotatable bonds is 6. The molecule has 5 rings (SSSR count). The Bertz CT molecular complexity index is 1140. The standard InChI is InChI=1S/C23H29FN8O/c1-29-6-8-31(9-7-29)16-23(33)28-22-12-20-17(13-25-22)2-3-19(27-20)18-14-26-32-11-10-30(5-4-24)15-21(18)32/h2-3,12-14H,4-11,15-16H2,1H3,(H,25,28,33). The van der Waals surface area contributed by atoms with Crippen LogP contribution in [-0.4, -0.2) is 99.9 Å². The number of carbonyl (C=O) groups excluding carboxylic acids is 1. The minimum absolute atomic E-state index is 0.0683. The molecule has 0 radical (unpaired) electrons. The smallest absolute Gasteiger partial charge is 0.239 e. The van der Waals surface area contributed by atoms with Crippen molar-refractivity contribution in [2.75, 3.05) is 64.9 Å². The van der Waals surface area contributed by atoms with Crippen molar-refractivity contribution in [1.29, 1.82) is 0 Å². The zero-order chi connectivity index (χ0) is 22.8. The van der Waals surface area contributed by atoms with E-state index in [4.69, 9.17) is 4.98 Å². The Morgan fingerprint density at radius 3 is 2.73 bits per heavy atom. The zero-order valence-electron chi connectivity index (χ0n) is 18.9. The number of halogens is 1.